The zero-order chi connectivity index (χ0) is 21.7. The lowest BCUT2D eigenvalue weighted by molar-refractivity contribution is -0.114. The fourth-order valence-corrected chi connectivity index (χ4v) is 3.97. The first-order valence-corrected chi connectivity index (χ1v) is 10.4. The van der Waals surface area contributed by atoms with Gasteiger partial charge in [-0.2, -0.15) is 0 Å². The maximum absolute atomic E-state index is 12.7. The van der Waals surface area contributed by atoms with Crippen LogP contribution in [-0.4, -0.2) is 29.1 Å². The highest BCUT2D eigenvalue weighted by molar-refractivity contribution is 7.15. The average Bonchev–Trinajstić information content (AvgIpc) is 3.16. The number of methoxy groups -OCH3 is 1. The van der Waals surface area contributed by atoms with Crippen molar-refractivity contribution in [3.63, 3.8) is 0 Å². The van der Waals surface area contributed by atoms with E-state index in [4.69, 9.17) is 16.3 Å². The Hall–Kier alpha value is -2.97. The standard InChI is InChI=1S/C21H21ClN4O3S/c1-12(14-7-5-4-6-8-14)9-19-25-26-21(30-19)24-20(28)15-10-16(22)17(23-13(2)27)11-18(15)29-3/h4-8,10-12H,9H2,1-3H3,(H,23,27)(H,24,26,28)/t12-/m1/s1. The maximum atomic E-state index is 12.7. The summed E-state index contributed by atoms with van der Waals surface area (Å²) < 4.78 is 5.28. The Morgan fingerprint density at radius 2 is 1.90 bits per heavy atom. The summed E-state index contributed by atoms with van der Waals surface area (Å²) in [6, 6.07) is 13.1. The lowest BCUT2D eigenvalue weighted by Gasteiger charge is -2.12. The van der Waals surface area contributed by atoms with Gasteiger partial charge in [-0.3, -0.25) is 14.9 Å². The number of hydrogen-bond donors (Lipinski definition) is 2. The Balaban J connectivity index is 1.72. The molecule has 0 bridgehead atoms. The lowest BCUT2D eigenvalue weighted by Crippen LogP contribution is -2.14. The van der Waals surface area contributed by atoms with Gasteiger partial charge in [0.05, 0.1) is 23.4 Å². The maximum Gasteiger partial charge on any atom is 0.261 e. The largest absolute Gasteiger partial charge is 0.496 e. The molecule has 2 N–H and O–H groups in total. The van der Waals surface area contributed by atoms with Crippen LogP contribution in [0.3, 0.4) is 0 Å². The van der Waals surface area contributed by atoms with Crippen LogP contribution in [0, 0.1) is 0 Å². The number of aromatic nitrogens is 2. The molecule has 1 aromatic heterocycles. The third kappa shape index (κ3) is 5.34. The monoisotopic (exact) mass is 444 g/mol. The van der Waals surface area contributed by atoms with Gasteiger partial charge in [-0.1, -0.05) is 60.2 Å². The molecule has 0 radical (unpaired) electrons. The highest BCUT2D eigenvalue weighted by Gasteiger charge is 2.19. The Morgan fingerprint density at radius 3 is 2.57 bits per heavy atom. The van der Waals surface area contributed by atoms with Crippen LogP contribution >= 0.6 is 22.9 Å². The number of hydrogen-bond acceptors (Lipinski definition) is 6. The molecule has 0 spiro atoms. The molecule has 156 valence electrons. The van der Waals surface area contributed by atoms with Crippen LogP contribution < -0.4 is 15.4 Å². The second kappa shape index (κ2) is 9.69. The first-order valence-electron chi connectivity index (χ1n) is 9.21. The molecule has 0 aliphatic rings. The van der Waals surface area contributed by atoms with E-state index in [9.17, 15) is 9.59 Å². The molecule has 2 amide bonds. The van der Waals surface area contributed by atoms with Crippen LogP contribution in [0.4, 0.5) is 10.8 Å². The van der Waals surface area contributed by atoms with Gasteiger partial charge in [0.15, 0.2) is 0 Å². The van der Waals surface area contributed by atoms with Crippen molar-refractivity contribution >= 4 is 45.6 Å². The van der Waals surface area contributed by atoms with Crippen molar-refractivity contribution in [1.29, 1.82) is 0 Å². The van der Waals surface area contributed by atoms with E-state index >= 15 is 0 Å². The number of carbonyl (C=O) groups excluding carboxylic acids is 2. The topological polar surface area (TPSA) is 93.2 Å². The van der Waals surface area contributed by atoms with Gasteiger partial charge < -0.3 is 10.1 Å². The normalized spacial score (nSPS) is 11.6. The summed E-state index contributed by atoms with van der Waals surface area (Å²) in [5.74, 6) is -0.143. The summed E-state index contributed by atoms with van der Waals surface area (Å²) in [5.41, 5.74) is 1.81. The molecule has 1 atom stereocenters. The molecule has 0 aliphatic carbocycles. The fourth-order valence-electron chi connectivity index (χ4n) is 2.90. The van der Waals surface area contributed by atoms with Crippen LogP contribution in [0.5, 0.6) is 5.75 Å². The number of nitrogens with one attached hydrogen (secondary N) is 2. The molecule has 0 unspecified atom stereocenters. The van der Waals surface area contributed by atoms with Gasteiger partial charge in [0.2, 0.25) is 11.0 Å². The van der Waals surface area contributed by atoms with E-state index < -0.39 is 5.91 Å². The van der Waals surface area contributed by atoms with Crippen molar-refractivity contribution in [3.8, 4) is 5.75 Å². The predicted molar refractivity (Wildman–Crippen MR) is 119 cm³/mol. The molecular formula is C21H21ClN4O3S. The van der Waals surface area contributed by atoms with Crippen molar-refractivity contribution in [2.45, 2.75) is 26.2 Å². The summed E-state index contributed by atoms with van der Waals surface area (Å²) in [4.78, 5) is 24.0. The molecule has 0 saturated heterocycles. The molecule has 3 aromatic rings. The number of carbonyl (C=O) groups is 2. The van der Waals surface area contributed by atoms with Gasteiger partial charge in [-0.05, 0) is 17.5 Å². The molecule has 3 rings (SSSR count). The predicted octanol–water partition coefficient (Wildman–Crippen LogP) is 4.76. The third-order valence-electron chi connectivity index (χ3n) is 4.38. The lowest BCUT2D eigenvalue weighted by atomic mass is 9.98. The minimum Gasteiger partial charge on any atom is -0.496 e. The van der Waals surface area contributed by atoms with E-state index in [1.54, 1.807) is 0 Å². The fraction of sp³-hybridized carbons (Fsp3) is 0.238. The van der Waals surface area contributed by atoms with Gasteiger partial charge >= 0.3 is 0 Å². The zero-order valence-corrected chi connectivity index (χ0v) is 18.3. The summed E-state index contributed by atoms with van der Waals surface area (Å²) in [6.07, 6.45) is 0.720. The molecule has 0 saturated carbocycles. The second-order valence-electron chi connectivity index (χ2n) is 6.68. The molecular weight excluding hydrogens is 424 g/mol. The number of rotatable bonds is 7. The molecule has 7 nitrogen and oxygen atoms in total. The molecule has 1 heterocycles. The Bertz CT molecular complexity index is 1060. The van der Waals surface area contributed by atoms with Gasteiger partial charge in [-0.25, -0.2) is 0 Å². The van der Waals surface area contributed by atoms with Gasteiger partial charge in [0.25, 0.3) is 5.91 Å². The van der Waals surface area contributed by atoms with Crippen LogP contribution in [0.2, 0.25) is 5.02 Å². The molecule has 0 fully saturated rings. The molecule has 9 heteroatoms. The van der Waals surface area contributed by atoms with E-state index in [-0.39, 0.29) is 28.2 Å². The summed E-state index contributed by atoms with van der Waals surface area (Å²) in [5, 5.41) is 15.0. The quantitative estimate of drug-likeness (QED) is 0.548. The zero-order valence-electron chi connectivity index (χ0n) is 16.7. The van der Waals surface area contributed by atoms with Crippen LogP contribution in [0.25, 0.3) is 0 Å². The summed E-state index contributed by atoms with van der Waals surface area (Å²) >= 11 is 7.52. The second-order valence-corrected chi connectivity index (χ2v) is 8.15. The number of amides is 2. The Morgan fingerprint density at radius 1 is 1.17 bits per heavy atom. The number of nitrogens with zero attached hydrogens (tertiary/aromatic N) is 2. The Kier molecular flexibility index (Phi) is 7.02. The van der Waals surface area contributed by atoms with Gasteiger partial charge in [0, 0.05) is 19.4 Å². The summed E-state index contributed by atoms with van der Waals surface area (Å²) in [6.45, 7) is 3.49. The smallest absolute Gasteiger partial charge is 0.261 e. The highest BCUT2D eigenvalue weighted by Crippen LogP contribution is 2.32. The SMILES string of the molecule is COc1cc(NC(C)=O)c(Cl)cc1C(=O)Nc1nnc(C[C@@H](C)c2ccccc2)s1. The third-order valence-corrected chi connectivity index (χ3v) is 5.55. The number of benzene rings is 2. The van der Waals surface area contributed by atoms with Gasteiger partial charge in [-0.15, -0.1) is 10.2 Å². The number of ether oxygens (including phenoxy) is 1. The van der Waals surface area contributed by atoms with E-state index in [1.807, 2.05) is 18.2 Å². The van der Waals surface area contributed by atoms with Crippen molar-refractivity contribution in [1.82, 2.24) is 10.2 Å². The minimum atomic E-state index is -0.429. The van der Waals surface area contributed by atoms with Crippen molar-refractivity contribution < 1.29 is 14.3 Å². The minimum absolute atomic E-state index is 0.228. The molecule has 2 aromatic carbocycles. The highest BCUT2D eigenvalue weighted by atomic mass is 35.5. The molecule has 0 aliphatic heterocycles. The molecule has 30 heavy (non-hydrogen) atoms. The summed E-state index contributed by atoms with van der Waals surface area (Å²) in [7, 11) is 1.44. The van der Waals surface area contributed by atoms with Crippen LogP contribution in [0.1, 0.15) is 40.7 Å². The first-order chi connectivity index (χ1) is 14.4. The van der Waals surface area contributed by atoms with E-state index in [1.165, 1.54) is 43.1 Å². The number of halogens is 1. The van der Waals surface area contributed by atoms with E-state index in [0.717, 1.165) is 11.4 Å². The Labute approximate surface area is 183 Å². The average molecular weight is 445 g/mol. The van der Waals surface area contributed by atoms with Crippen LogP contribution in [-0.2, 0) is 11.2 Å². The first kappa shape index (κ1) is 21.7. The van der Waals surface area contributed by atoms with Gasteiger partial charge in [0.1, 0.15) is 10.8 Å². The van der Waals surface area contributed by atoms with Crippen LogP contribution in [0.15, 0.2) is 42.5 Å². The van der Waals surface area contributed by atoms with E-state index in [2.05, 4.69) is 39.9 Å². The number of anilines is 2. The van der Waals surface area contributed by atoms with Crippen molar-refractivity contribution in [2.75, 3.05) is 17.7 Å². The van der Waals surface area contributed by atoms with Crippen molar-refractivity contribution in [2.24, 2.45) is 0 Å². The van der Waals surface area contributed by atoms with E-state index in [0.29, 0.717) is 10.8 Å². The van der Waals surface area contributed by atoms with Crippen molar-refractivity contribution in [3.05, 3.63) is 63.6 Å².